The molecule has 1 rings (SSSR count). The van der Waals surface area contributed by atoms with E-state index in [0.717, 1.165) is 11.3 Å². The molecule has 0 saturated carbocycles. The van der Waals surface area contributed by atoms with Crippen molar-refractivity contribution in [2.75, 3.05) is 0 Å². The van der Waals surface area contributed by atoms with E-state index in [-0.39, 0.29) is 12.0 Å². The lowest BCUT2D eigenvalue weighted by molar-refractivity contribution is 0.175. The molecule has 1 aliphatic heterocycles. The third-order valence-corrected chi connectivity index (χ3v) is 3.86. The Hall–Kier alpha value is -2.28. The molecule has 2 unspecified atom stereocenters. The van der Waals surface area contributed by atoms with Crippen molar-refractivity contribution in [3.05, 3.63) is 96.4 Å². The average Bonchev–Trinajstić information content (AvgIpc) is 2.94. The normalized spacial score (nSPS) is 26.4. The molecule has 1 fully saturated rings. The van der Waals surface area contributed by atoms with E-state index >= 15 is 0 Å². The first-order valence-corrected chi connectivity index (χ1v) is 8.08. The molecule has 0 amide bonds. The van der Waals surface area contributed by atoms with Crippen LogP contribution in [0.15, 0.2) is 96.4 Å². The first-order chi connectivity index (χ1) is 11.2. The molecule has 1 nitrogen and oxygen atoms in total. The fourth-order valence-electron chi connectivity index (χ4n) is 2.89. The van der Waals surface area contributed by atoms with E-state index in [1.54, 1.807) is 6.08 Å². The van der Waals surface area contributed by atoms with E-state index in [1.165, 1.54) is 11.1 Å². The SMILES string of the molecule is C=C/C=C\C(=C/C)C1C(=C/C)/C(=C\C)OC1C(/C=C\C)=C/C=C. The maximum absolute atomic E-state index is 6.28. The summed E-state index contributed by atoms with van der Waals surface area (Å²) in [5.41, 5.74) is 3.56. The second-order valence-electron chi connectivity index (χ2n) is 5.20. The molecule has 0 aromatic rings. The van der Waals surface area contributed by atoms with Crippen molar-refractivity contribution in [2.45, 2.75) is 33.8 Å². The zero-order chi connectivity index (χ0) is 17.2. The molecule has 0 spiro atoms. The molecular formula is C22H28O. The van der Waals surface area contributed by atoms with Crippen LogP contribution in [-0.2, 0) is 4.74 Å². The van der Waals surface area contributed by atoms with E-state index in [0.29, 0.717) is 0 Å². The number of hydrogen-bond donors (Lipinski definition) is 0. The third kappa shape index (κ3) is 4.35. The van der Waals surface area contributed by atoms with Crippen molar-refractivity contribution in [1.29, 1.82) is 0 Å². The molecule has 1 heteroatoms. The minimum atomic E-state index is -0.0535. The van der Waals surface area contributed by atoms with E-state index in [9.17, 15) is 0 Å². The van der Waals surface area contributed by atoms with Crippen LogP contribution in [0.25, 0.3) is 0 Å². The van der Waals surface area contributed by atoms with Gasteiger partial charge in [-0.2, -0.15) is 0 Å². The highest BCUT2D eigenvalue weighted by Gasteiger charge is 2.39. The highest BCUT2D eigenvalue weighted by Crippen LogP contribution is 2.43. The molecular weight excluding hydrogens is 280 g/mol. The van der Waals surface area contributed by atoms with E-state index < -0.39 is 0 Å². The van der Waals surface area contributed by atoms with E-state index in [1.807, 2.05) is 44.2 Å². The number of hydrogen-bond acceptors (Lipinski definition) is 1. The molecule has 0 aromatic carbocycles. The van der Waals surface area contributed by atoms with Crippen molar-refractivity contribution in [2.24, 2.45) is 5.92 Å². The van der Waals surface area contributed by atoms with Gasteiger partial charge in [-0.05, 0) is 44.9 Å². The van der Waals surface area contributed by atoms with Gasteiger partial charge in [0.05, 0.1) is 5.92 Å². The predicted molar refractivity (Wildman–Crippen MR) is 102 cm³/mol. The van der Waals surface area contributed by atoms with Gasteiger partial charge >= 0.3 is 0 Å². The molecule has 1 heterocycles. The summed E-state index contributed by atoms with van der Waals surface area (Å²) in [5.74, 6) is 1.11. The van der Waals surface area contributed by atoms with Crippen LogP contribution in [0.2, 0.25) is 0 Å². The standard InChI is InChI=1S/C22H28O/c1-7-13-16-17(10-4)21-19(11-5)20(12-6)23-22(21)18(14-8-2)15-9-3/h7-16,21-22H,1-2H2,3-6H3/b15-9-,16-13-,17-10+,18-14+,19-11+,20-12+. The molecule has 0 aromatic heterocycles. The zero-order valence-corrected chi connectivity index (χ0v) is 14.8. The van der Waals surface area contributed by atoms with Crippen LogP contribution >= 0.6 is 0 Å². The Balaban J connectivity index is 3.47. The predicted octanol–water partition coefficient (Wildman–Crippen LogP) is 6.23. The van der Waals surface area contributed by atoms with Gasteiger partial charge in [0, 0.05) is 5.57 Å². The highest BCUT2D eigenvalue weighted by atomic mass is 16.5. The van der Waals surface area contributed by atoms with Gasteiger partial charge in [-0.1, -0.05) is 67.8 Å². The summed E-state index contributed by atoms with van der Waals surface area (Å²) in [6, 6.07) is 0. The second-order valence-corrected chi connectivity index (χ2v) is 5.20. The Morgan fingerprint density at radius 3 is 2.17 bits per heavy atom. The average molecular weight is 308 g/mol. The molecule has 23 heavy (non-hydrogen) atoms. The van der Waals surface area contributed by atoms with Gasteiger partial charge in [0.1, 0.15) is 11.9 Å². The highest BCUT2D eigenvalue weighted by molar-refractivity contribution is 5.48. The lowest BCUT2D eigenvalue weighted by Crippen LogP contribution is -2.20. The lowest BCUT2D eigenvalue weighted by Gasteiger charge is -2.21. The maximum atomic E-state index is 6.28. The van der Waals surface area contributed by atoms with Crippen molar-refractivity contribution < 1.29 is 4.74 Å². The van der Waals surface area contributed by atoms with Crippen LogP contribution in [0.5, 0.6) is 0 Å². The van der Waals surface area contributed by atoms with Crippen LogP contribution < -0.4 is 0 Å². The van der Waals surface area contributed by atoms with Gasteiger partial charge in [-0.15, -0.1) is 0 Å². The number of ether oxygens (including phenoxy) is 1. The summed E-state index contributed by atoms with van der Waals surface area (Å²) in [6.07, 6.45) is 20.1. The molecule has 1 aliphatic rings. The van der Waals surface area contributed by atoms with Crippen molar-refractivity contribution in [1.82, 2.24) is 0 Å². The smallest absolute Gasteiger partial charge is 0.135 e. The molecule has 2 atom stereocenters. The van der Waals surface area contributed by atoms with Gasteiger partial charge in [0.2, 0.25) is 0 Å². The van der Waals surface area contributed by atoms with Crippen LogP contribution in [0.4, 0.5) is 0 Å². The summed E-state index contributed by atoms with van der Waals surface area (Å²) >= 11 is 0. The summed E-state index contributed by atoms with van der Waals surface area (Å²) in [7, 11) is 0. The number of rotatable bonds is 6. The third-order valence-electron chi connectivity index (χ3n) is 3.86. The molecule has 122 valence electrons. The topological polar surface area (TPSA) is 9.23 Å². The quantitative estimate of drug-likeness (QED) is 0.529. The fourth-order valence-corrected chi connectivity index (χ4v) is 2.89. The van der Waals surface area contributed by atoms with Crippen LogP contribution in [0.1, 0.15) is 27.7 Å². The van der Waals surface area contributed by atoms with Gasteiger partial charge in [-0.25, -0.2) is 0 Å². The molecule has 0 bridgehead atoms. The Labute approximate surface area is 141 Å². The molecule has 0 radical (unpaired) electrons. The summed E-state index contributed by atoms with van der Waals surface area (Å²) < 4.78 is 6.28. The first-order valence-electron chi connectivity index (χ1n) is 8.08. The van der Waals surface area contributed by atoms with Gasteiger partial charge < -0.3 is 4.74 Å². The minimum absolute atomic E-state index is 0.0535. The summed E-state index contributed by atoms with van der Waals surface area (Å²) in [4.78, 5) is 0. The van der Waals surface area contributed by atoms with E-state index in [2.05, 4.69) is 51.3 Å². The maximum Gasteiger partial charge on any atom is 0.135 e. The zero-order valence-electron chi connectivity index (χ0n) is 14.8. The van der Waals surface area contributed by atoms with E-state index in [4.69, 9.17) is 4.74 Å². The van der Waals surface area contributed by atoms with Crippen molar-refractivity contribution in [3.63, 3.8) is 0 Å². The minimum Gasteiger partial charge on any atom is -0.485 e. The van der Waals surface area contributed by atoms with Gasteiger partial charge in [0.15, 0.2) is 0 Å². The lowest BCUT2D eigenvalue weighted by atomic mass is 9.83. The largest absolute Gasteiger partial charge is 0.485 e. The molecule has 1 saturated heterocycles. The van der Waals surface area contributed by atoms with Crippen LogP contribution in [-0.4, -0.2) is 6.10 Å². The molecule has 0 N–H and O–H groups in total. The van der Waals surface area contributed by atoms with Gasteiger partial charge in [-0.3, -0.25) is 0 Å². The first kappa shape index (κ1) is 18.8. The monoisotopic (exact) mass is 308 g/mol. The molecule has 0 aliphatic carbocycles. The fraction of sp³-hybridized carbons (Fsp3) is 0.273. The van der Waals surface area contributed by atoms with Crippen LogP contribution in [0, 0.1) is 5.92 Å². The van der Waals surface area contributed by atoms with Crippen molar-refractivity contribution in [3.8, 4) is 0 Å². The Bertz CT molecular complexity index is 606. The summed E-state index contributed by atoms with van der Waals surface area (Å²) in [6.45, 7) is 15.8. The van der Waals surface area contributed by atoms with Gasteiger partial charge in [0.25, 0.3) is 0 Å². The Morgan fingerprint density at radius 2 is 1.70 bits per heavy atom. The van der Waals surface area contributed by atoms with Crippen molar-refractivity contribution >= 4 is 0 Å². The number of allylic oxidation sites excluding steroid dienone is 10. The Kier molecular flexibility index (Phi) is 7.90. The van der Waals surface area contributed by atoms with Crippen LogP contribution in [0.3, 0.4) is 0 Å². The second kappa shape index (κ2) is 9.68. The summed E-state index contributed by atoms with van der Waals surface area (Å²) in [5, 5.41) is 0. The Morgan fingerprint density at radius 1 is 0.957 bits per heavy atom.